The van der Waals surface area contributed by atoms with Crippen molar-refractivity contribution in [3.05, 3.63) is 41.2 Å². The van der Waals surface area contributed by atoms with Crippen molar-refractivity contribution in [3.8, 4) is 5.75 Å². The van der Waals surface area contributed by atoms with Crippen LogP contribution in [0.25, 0.3) is 0 Å². The molecule has 8 nitrogen and oxygen atoms in total. The van der Waals surface area contributed by atoms with Crippen LogP contribution in [0.15, 0.2) is 35.5 Å². The summed E-state index contributed by atoms with van der Waals surface area (Å²) in [6.07, 6.45) is 6.14. The van der Waals surface area contributed by atoms with E-state index in [1.165, 1.54) is 55.2 Å². The van der Waals surface area contributed by atoms with Gasteiger partial charge in [-0.15, -0.1) is 20.4 Å². The molecule has 2 aromatic heterocycles. The molecule has 0 saturated heterocycles. The lowest BCUT2D eigenvalue weighted by molar-refractivity contribution is -0.113. The molecule has 1 saturated carbocycles. The lowest BCUT2D eigenvalue weighted by Crippen LogP contribution is -2.14. The molecular weight excluding hydrogens is 420 g/mol. The third kappa shape index (κ3) is 5.37. The standard InChI is InChI=1S/C20H24N6O2S2/c1-26-16(12-28-15-10-6-3-7-11-15)22-25-20(26)29-13-17(27)21-19-24-23-18(30-19)14-8-4-2-5-9-14/h3,6-7,10-11,14H,2,4-5,8-9,12-13H2,1H3,(H,21,24,27). The number of nitrogens with zero attached hydrogens (tertiary/aromatic N) is 5. The van der Waals surface area contributed by atoms with Gasteiger partial charge in [-0.25, -0.2) is 0 Å². The molecule has 0 bridgehead atoms. The highest BCUT2D eigenvalue weighted by atomic mass is 32.2. The first-order valence-electron chi connectivity index (χ1n) is 10.0. The van der Waals surface area contributed by atoms with Gasteiger partial charge in [-0.1, -0.05) is 60.6 Å². The van der Waals surface area contributed by atoms with E-state index in [4.69, 9.17) is 4.74 Å². The number of para-hydroxylation sites is 1. The minimum Gasteiger partial charge on any atom is -0.486 e. The van der Waals surface area contributed by atoms with Crippen molar-refractivity contribution in [2.24, 2.45) is 7.05 Å². The second-order valence-electron chi connectivity index (χ2n) is 7.18. The summed E-state index contributed by atoms with van der Waals surface area (Å²) >= 11 is 2.82. The fourth-order valence-corrected chi connectivity index (χ4v) is 5.00. The van der Waals surface area contributed by atoms with Crippen molar-refractivity contribution in [1.29, 1.82) is 0 Å². The van der Waals surface area contributed by atoms with Gasteiger partial charge in [-0.05, 0) is 25.0 Å². The summed E-state index contributed by atoms with van der Waals surface area (Å²) in [7, 11) is 1.87. The van der Waals surface area contributed by atoms with E-state index in [9.17, 15) is 4.79 Å². The Labute approximate surface area is 183 Å². The molecule has 1 aromatic carbocycles. The van der Waals surface area contributed by atoms with E-state index >= 15 is 0 Å². The molecule has 158 valence electrons. The Kier molecular flexibility index (Phi) is 6.96. The first-order chi connectivity index (χ1) is 14.7. The number of thioether (sulfide) groups is 1. The average Bonchev–Trinajstić information content (AvgIpc) is 3.39. The number of hydrogen-bond acceptors (Lipinski definition) is 8. The molecule has 4 rings (SSSR count). The van der Waals surface area contributed by atoms with Crippen LogP contribution in [0, 0.1) is 0 Å². The van der Waals surface area contributed by atoms with E-state index < -0.39 is 0 Å². The Morgan fingerprint density at radius 2 is 1.97 bits per heavy atom. The van der Waals surface area contributed by atoms with Crippen molar-refractivity contribution < 1.29 is 9.53 Å². The Bertz CT molecular complexity index is 969. The van der Waals surface area contributed by atoms with Crippen LogP contribution in [0.1, 0.15) is 48.9 Å². The number of ether oxygens (including phenoxy) is 1. The van der Waals surface area contributed by atoms with E-state index in [2.05, 4.69) is 25.7 Å². The summed E-state index contributed by atoms with van der Waals surface area (Å²) in [6.45, 7) is 0.314. The number of carbonyl (C=O) groups is 1. The highest BCUT2D eigenvalue weighted by Crippen LogP contribution is 2.35. The average molecular weight is 445 g/mol. The zero-order chi connectivity index (χ0) is 20.8. The zero-order valence-electron chi connectivity index (χ0n) is 16.8. The minimum absolute atomic E-state index is 0.128. The molecule has 0 radical (unpaired) electrons. The van der Waals surface area contributed by atoms with Gasteiger partial charge in [0.2, 0.25) is 11.0 Å². The zero-order valence-corrected chi connectivity index (χ0v) is 18.4. The van der Waals surface area contributed by atoms with Crippen LogP contribution in [0.3, 0.4) is 0 Å². The molecule has 1 aliphatic carbocycles. The van der Waals surface area contributed by atoms with Crippen molar-refractivity contribution in [2.45, 2.75) is 49.8 Å². The van der Waals surface area contributed by atoms with Gasteiger partial charge in [0.25, 0.3) is 0 Å². The molecule has 1 amide bonds. The number of amides is 1. The van der Waals surface area contributed by atoms with Crippen molar-refractivity contribution in [1.82, 2.24) is 25.0 Å². The summed E-state index contributed by atoms with van der Waals surface area (Å²) in [5.41, 5.74) is 0. The SMILES string of the molecule is Cn1c(COc2ccccc2)nnc1SCC(=O)Nc1nnc(C2CCCCC2)s1. The molecule has 2 heterocycles. The number of rotatable bonds is 8. The van der Waals surface area contributed by atoms with Gasteiger partial charge in [0.15, 0.2) is 11.0 Å². The predicted molar refractivity (Wildman–Crippen MR) is 117 cm³/mol. The smallest absolute Gasteiger partial charge is 0.236 e. The van der Waals surface area contributed by atoms with Crippen LogP contribution in [0.5, 0.6) is 5.75 Å². The topological polar surface area (TPSA) is 94.8 Å². The summed E-state index contributed by atoms with van der Waals surface area (Å²) in [5, 5.41) is 21.9. The molecule has 1 fully saturated rings. The highest BCUT2D eigenvalue weighted by Gasteiger charge is 2.20. The lowest BCUT2D eigenvalue weighted by Gasteiger charge is -2.18. The van der Waals surface area contributed by atoms with Crippen LogP contribution < -0.4 is 10.1 Å². The number of anilines is 1. The Morgan fingerprint density at radius 3 is 2.77 bits per heavy atom. The van der Waals surface area contributed by atoms with Crippen LogP contribution in [-0.4, -0.2) is 36.6 Å². The summed E-state index contributed by atoms with van der Waals surface area (Å²) < 4.78 is 7.56. The van der Waals surface area contributed by atoms with Crippen LogP contribution >= 0.6 is 23.1 Å². The van der Waals surface area contributed by atoms with E-state index in [1.54, 1.807) is 0 Å². The normalized spacial score (nSPS) is 14.6. The lowest BCUT2D eigenvalue weighted by atomic mass is 9.90. The van der Waals surface area contributed by atoms with Gasteiger partial charge >= 0.3 is 0 Å². The monoisotopic (exact) mass is 444 g/mol. The van der Waals surface area contributed by atoms with E-state index in [0.29, 0.717) is 28.6 Å². The second-order valence-corrected chi connectivity index (χ2v) is 9.13. The van der Waals surface area contributed by atoms with Crippen molar-refractivity contribution in [2.75, 3.05) is 11.1 Å². The maximum atomic E-state index is 12.3. The quantitative estimate of drug-likeness (QED) is 0.524. The molecule has 30 heavy (non-hydrogen) atoms. The Hall–Kier alpha value is -2.46. The van der Waals surface area contributed by atoms with E-state index in [1.807, 2.05) is 41.9 Å². The maximum Gasteiger partial charge on any atom is 0.236 e. The van der Waals surface area contributed by atoms with E-state index in [-0.39, 0.29) is 11.7 Å². The number of hydrogen-bond donors (Lipinski definition) is 1. The van der Waals surface area contributed by atoms with Gasteiger partial charge in [-0.2, -0.15) is 0 Å². The molecule has 0 unspecified atom stereocenters. The molecule has 0 aliphatic heterocycles. The minimum atomic E-state index is -0.128. The maximum absolute atomic E-state index is 12.3. The van der Waals surface area contributed by atoms with E-state index in [0.717, 1.165) is 10.8 Å². The van der Waals surface area contributed by atoms with Crippen LogP contribution in [0.2, 0.25) is 0 Å². The molecule has 0 atom stereocenters. The highest BCUT2D eigenvalue weighted by molar-refractivity contribution is 7.99. The largest absolute Gasteiger partial charge is 0.486 e. The fraction of sp³-hybridized carbons (Fsp3) is 0.450. The third-order valence-corrected chi connectivity index (χ3v) is 7.03. The first kappa shape index (κ1) is 20.8. The molecule has 3 aromatic rings. The molecule has 1 N–H and O–H groups in total. The Balaban J connectivity index is 1.26. The summed E-state index contributed by atoms with van der Waals surface area (Å²) in [6, 6.07) is 9.56. The first-order valence-corrected chi connectivity index (χ1v) is 11.8. The summed E-state index contributed by atoms with van der Waals surface area (Å²) in [4.78, 5) is 12.3. The second kappa shape index (κ2) is 10.0. The molecule has 10 heteroatoms. The fourth-order valence-electron chi connectivity index (χ4n) is 3.35. The number of aromatic nitrogens is 5. The molecule has 0 spiro atoms. The number of nitrogens with one attached hydrogen (secondary N) is 1. The third-order valence-electron chi connectivity index (χ3n) is 5.01. The van der Waals surface area contributed by atoms with Crippen LogP contribution in [-0.2, 0) is 18.4 Å². The van der Waals surface area contributed by atoms with Crippen molar-refractivity contribution >= 4 is 34.1 Å². The Morgan fingerprint density at radius 1 is 1.17 bits per heavy atom. The van der Waals surface area contributed by atoms with Crippen molar-refractivity contribution in [3.63, 3.8) is 0 Å². The summed E-state index contributed by atoms with van der Waals surface area (Å²) in [5.74, 6) is 2.06. The van der Waals surface area contributed by atoms with Gasteiger partial charge in [0.05, 0.1) is 5.75 Å². The van der Waals surface area contributed by atoms with Gasteiger partial charge < -0.3 is 9.30 Å². The van der Waals surface area contributed by atoms with Gasteiger partial charge in [0.1, 0.15) is 17.4 Å². The predicted octanol–water partition coefficient (Wildman–Crippen LogP) is 4.02. The van der Waals surface area contributed by atoms with Gasteiger partial charge in [-0.3, -0.25) is 10.1 Å². The number of carbonyl (C=O) groups excluding carboxylic acids is 1. The number of benzene rings is 1. The molecular formula is C20H24N6O2S2. The molecule has 1 aliphatic rings. The van der Waals surface area contributed by atoms with Gasteiger partial charge in [0, 0.05) is 13.0 Å². The van der Waals surface area contributed by atoms with Crippen LogP contribution in [0.4, 0.5) is 5.13 Å².